The Labute approximate surface area is 76.8 Å². The minimum Gasteiger partial charge on any atom is -0.391 e. The number of nitrogens with one attached hydrogen (secondary N) is 1. The highest BCUT2D eigenvalue weighted by molar-refractivity contribution is 5.42. The van der Waals surface area contributed by atoms with Crippen LogP contribution in [0.4, 0.5) is 5.82 Å². The molecule has 2 atom stereocenters. The van der Waals surface area contributed by atoms with Gasteiger partial charge in [0.15, 0.2) is 0 Å². The molecule has 0 saturated carbocycles. The summed E-state index contributed by atoms with van der Waals surface area (Å²) >= 11 is 0. The molecule has 2 rings (SSSR count). The lowest BCUT2D eigenvalue weighted by Crippen LogP contribution is -2.17. The Bertz CT molecular complexity index is 303. The summed E-state index contributed by atoms with van der Waals surface area (Å²) in [6, 6.07) is 3.76. The quantitative estimate of drug-likeness (QED) is 0.554. The summed E-state index contributed by atoms with van der Waals surface area (Å²) in [6.07, 6.45) is 1.32. The monoisotopic (exact) mass is 179 g/mol. The third-order valence-corrected chi connectivity index (χ3v) is 2.45. The zero-order chi connectivity index (χ0) is 9.26. The van der Waals surface area contributed by atoms with E-state index in [4.69, 9.17) is 5.73 Å². The zero-order valence-electron chi connectivity index (χ0n) is 7.27. The van der Waals surface area contributed by atoms with Gasteiger partial charge in [-0.05, 0) is 6.07 Å². The largest absolute Gasteiger partial charge is 0.391 e. The van der Waals surface area contributed by atoms with E-state index in [1.54, 1.807) is 6.20 Å². The van der Waals surface area contributed by atoms with Crippen LogP contribution in [0, 0.1) is 0 Å². The van der Waals surface area contributed by atoms with Gasteiger partial charge in [0.1, 0.15) is 5.82 Å². The SMILES string of the molecule is Nc1ncccc1[C@@H]1CNC[C@H]1O. The predicted octanol–water partition coefficient (Wildman–Crippen LogP) is -0.289. The number of hydrogen-bond donors (Lipinski definition) is 3. The molecule has 0 aromatic carbocycles. The second-order valence-corrected chi connectivity index (χ2v) is 3.31. The molecule has 0 bridgehead atoms. The molecule has 2 heterocycles. The molecule has 4 heteroatoms. The van der Waals surface area contributed by atoms with Gasteiger partial charge < -0.3 is 16.2 Å². The Kier molecular flexibility index (Phi) is 2.16. The van der Waals surface area contributed by atoms with E-state index in [1.807, 2.05) is 12.1 Å². The smallest absolute Gasteiger partial charge is 0.126 e. The van der Waals surface area contributed by atoms with Gasteiger partial charge >= 0.3 is 0 Å². The molecule has 4 N–H and O–H groups in total. The van der Waals surface area contributed by atoms with E-state index in [-0.39, 0.29) is 12.0 Å². The number of rotatable bonds is 1. The van der Waals surface area contributed by atoms with Gasteiger partial charge in [-0.25, -0.2) is 4.98 Å². The molecule has 0 radical (unpaired) electrons. The lowest BCUT2D eigenvalue weighted by atomic mass is 9.97. The van der Waals surface area contributed by atoms with Crippen molar-refractivity contribution in [2.45, 2.75) is 12.0 Å². The van der Waals surface area contributed by atoms with Crippen LogP contribution in [0.2, 0.25) is 0 Å². The number of hydrogen-bond acceptors (Lipinski definition) is 4. The van der Waals surface area contributed by atoms with Crippen molar-refractivity contribution in [3.8, 4) is 0 Å². The van der Waals surface area contributed by atoms with Crippen LogP contribution in [0.1, 0.15) is 11.5 Å². The van der Waals surface area contributed by atoms with Crippen molar-refractivity contribution in [2.75, 3.05) is 18.8 Å². The standard InChI is InChI=1S/C9H13N3O/c10-9-6(2-1-3-12-9)7-4-11-5-8(7)13/h1-3,7-8,11,13H,4-5H2,(H2,10,12)/t7-,8+/m0/s1. The Morgan fingerprint density at radius 3 is 3.00 bits per heavy atom. The maximum absolute atomic E-state index is 9.62. The summed E-state index contributed by atoms with van der Waals surface area (Å²) in [5.41, 5.74) is 6.66. The zero-order valence-corrected chi connectivity index (χ0v) is 7.27. The summed E-state index contributed by atoms with van der Waals surface area (Å²) in [4.78, 5) is 4.00. The molecule has 0 spiro atoms. The molecule has 70 valence electrons. The van der Waals surface area contributed by atoms with Crippen molar-refractivity contribution >= 4 is 5.82 Å². The van der Waals surface area contributed by atoms with Gasteiger partial charge in [-0.15, -0.1) is 0 Å². The Balaban J connectivity index is 2.29. The second kappa shape index (κ2) is 3.32. The summed E-state index contributed by atoms with van der Waals surface area (Å²) in [5.74, 6) is 0.615. The molecule has 1 aliphatic heterocycles. The van der Waals surface area contributed by atoms with Gasteiger partial charge in [-0.1, -0.05) is 6.07 Å². The van der Waals surface area contributed by atoms with E-state index in [0.29, 0.717) is 12.4 Å². The fourth-order valence-electron chi connectivity index (χ4n) is 1.73. The van der Waals surface area contributed by atoms with Gasteiger partial charge in [0.25, 0.3) is 0 Å². The minimum atomic E-state index is -0.341. The fourth-order valence-corrected chi connectivity index (χ4v) is 1.73. The first kappa shape index (κ1) is 8.47. The summed E-state index contributed by atoms with van der Waals surface area (Å²) < 4.78 is 0. The first-order valence-corrected chi connectivity index (χ1v) is 4.38. The third-order valence-electron chi connectivity index (χ3n) is 2.45. The van der Waals surface area contributed by atoms with Crippen molar-refractivity contribution in [1.29, 1.82) is 0 Å². The van der Waals surface area contributed by atoms with Crippen molar-refractivity contribution in [1.82, 2.24) is 10.3 Å². The molecule has 4 nitrogen and oxygen atoms in total. The predicted molar refractivity (Wildman–Crippen MR) is 50.3 cm³/mol. The third kappa shape index (κ3) is 1.50. The number of anilines is 1. The van der Waals surface area contributed by atoms with Crippen LogP contribution < -0.4 is 11.1 Å². The van der Waals surface area contributed by atoms with Crippen molar-refractivity contribution < 1.29 is 5.11 Å². The average Bonchev–Trinajstić information content (AvgIpc) is 2.52. The van der Waals surface area contributed by atoms with E-state index >= 15 is 0 Å². The Morgan fingerprint density at radius 1 is 1.54 bits per heavy atom. The number of β-amino-alcohol motifs (C(OH)–C–C–N with tert-alkyl or cyclic N) is 1. The lowest BCUT2D eigenvalue weighted by Gasteiger charge is -2.14. The van der Waals surface area contributed by atoms with Crippen LogP contribution in [0.25, 0.3) is 0 Å². The highest BCUT2D eigenvalue weighted by Crippen LogP contribution is 2.25. The molecule has 0 unspecified atom stereocenters. The van der Waals surface area contributed by atoms with Crippen LogP contribution in [0.15, 0.2) is 18.3 Å². The molecule has 1 saturated heterocycles. The van der Waals surface area contributed by atoms with Crippen molar-refractivity contribution in [2.24, 2.45) is 0 Å². The molecule has 1 aromatic rings. The van der Waals surface area contributed by atoms with E-state index in [9.17, 15) is 5.11 Å². The van der Waals surface area contributed by atoms with Gasteiger partial charge in [0, 0.05) is 30.8 Å². The maximum atomic E-state index is 9.62. The summed E-state index contributed by atoms with van der Waals surface area (Å²) in [7, 11) is 0. The number of aliphatic hydroxyl groups is 1. The van der Waals surface area contributed by atoms with Crippen LogP contribution >= 0.6 is 0 Å². The molecule has 1 fully saturated rings. The summed E-state index contributed by atoms with van der Waals surface area (Å²) in [6.45, 7) is 1.41. The maximum Gasteiger partial charge on any atom is 0.126 e. The second-order valence-electron chi connectivity index (χ2n) is 3.31. The molecular weight excluding hydrogens is 166 g/mol. The molecule has 1 aliphatic rings. The Hall–Kier alpha value is -1.13. The van der Waals surface area contributed by atoms with E-state index < -0.39 is 0 Å². The number of nitrogens with two attached hydrogens (primary N) is 1. The normalized spacial score (nSPS) is 27.8. The van der Waals surface area contributed by atoms with Crippen LogP contribution in [-0.2, 0) is 0 Å². The Morgan fingerprint density at radius 2 is 2.38 bits per heavy atom. The van der Waals surface area contributed by atoms with Gasteiger partial charge in [-0.2, -0.15) is 0 Å². The summed E-state index contributed by atoms with van der Waals surface area (Å²) in [5, 5.41) is 12.7. The highest BCUT2D eigenvalue weighted by Gasteiger charge is 2.27. The molecule has 0 amide bonds. The topological polar surface area (TPSA) is 71.2 Å². The van der Waals surface area contributed by atoms with E-state index in [0.717, 1.165) is 12.1 Å². The molecule has 13 heavy (non-hydrogen) atoms. The van der Waals surface area contributed by atoms with Crippen LogP contribution in [0.5, 0.6) is 0 Å². The van der Waals surface area contributed by atoms with Crippen LogP contribution in [0.3, 0.4) is 0 Å². The minimum absolute atomic E-state index is 0.0914. The molecule has 1 aromatic heterocycles. The number of nitrogens with zero attached hydrogens (tertiary/aromatic N) is 1. The number of nitrogen functional groups attached to an aromatic ring is 1. The number of aromatic nitrogens is 1. The molecular formula is C9H13N3O. The molecule has 0 aliphatic carbocycles. The van der Waals surface area contributed by atoms with Gasteiger partial charge in [0.05, 0.1) is 6.10 Å². The van der Waals surface area contributed by atoms with E-state index in [1.165, 1.54) is 0 Å². The van der Waals surface area contributed by atoms with Crippen LogP contribution in [-0.4, -0.2) is 29.3 Å². The highest BCUT2D eigenvalue weighted by atomic mass is 16.3. The number of pyridine rings is 1. The lowest BCUT2D eigenvalue weighted by molar-refractivity contribution is 0.178. The average molecular weight is 179 g/mol. The van der Waals surface area contributed by atoms with Gasteiger partial charge in [-0.3, -0.25) is 0 Å². The first-order valence-electron chi connectivity index (χ1n) is 4.38. The van der Waals surface area contributed by atoms with Crippen molar-refractivity contribution in [3.05, 3.63) is 23.9 Å². The van der Waals surface area contributed by atoms with E-state index in [2.05, 4.69) is 10.3 Å². The van der Waals surface area contributed by atoms with Gasteiger partial charge in [0.2, 0.25) is 0 Å². The van der Waals surface area contributed by atoms with Crippen molar-refractivity contribution in [3.63, 3.8) is 0 Å². The fraction of sp³-hybridized carbons (Fsp3) is 0.444. The number of aliphatic hydroxyl groups excluding tert-OH is 1. The first-order chi connectivity index (χ1) is 6.29.